The number of carbonyl (C=O) groups is 1. The summed E-state index contributed by atoms with van der Waals surface area (Å²) >= 11 is 0. The van der Waals surface area contributed by atoms with Crippen molar-refractivity contribution >= 4 is 5.91 Å². The smallest absolute Gasteiger partial charge is 0.239 e. The van der Waals surface area contributed by atoms with Crippen molar-refractivity contribution in [1.82, 2.24) is 9.80 Å². The van der Waals surface area contributed by atoms with E-state index < -0.39 is 0 Å². The fraction of sp³-hybridized carbons (Fsp3) is 0.611. The molecule has 3 rings (SSSR count). The average molecular weight is 304 g/mol. The molecule has 2 unspecified atom stereocenters. The van der Waals surface area contributed by atoms with Crippen LogP contribution in [0.3, 0.4) is 0 Å². The van der Waals surface area contributed by atoms with Crippen molar-refractivity contribution in [2.45, 2.75) is 45.2 Å². The quantitative estimate of drug-likeness (QED) is 0.857. The van der Waals surface area contributed by atoms with Gasteiger partial charge >= 0.3 is 0 Å². The van der Waals surface area contributed by atoms with Gasteiger partial charge in [0, 0.05) is 25.2 Å². The van der Waals surface area contributed by atoms with Crippen molar-refractivity contribution in [3.8, 4) is 0 Å². The van der Waals surface area contributed by atoms with E-state index in [-0.39, 0.29) is 17.8 Å². The van der Waals surface area contributed by atoms with Gasteiger partial charge in [0.15, 0.2) is 0 Å². The molecule has 120 valence electrons. The monoisotopic (exact) mass is 304 g/mol. The number of nitrogens with zero attached hydrogens (tertiary/aromatic N) is 2. The van der Waals surface area contributed by atoms with Crippen molar-refractivity contribution in [1.29, 1.82) is 0 Å². The largest absolute Gasteiger partial charge is 0.341 e. The summed E-state index contributed by atoms with van der Waals surface area (Å²) in [5, 5.41) is 0. The third-order valence-electron chi connectivity index (χ3n) is 4.95. The van der Waals surface area contributed by atoms with Gasteiger partial charge in [-0.2, -0.15) is 0 Å². The van der Waals surface area contributed by atoms with Gasteiger partial charge < -0.3 is 4.90 Å². The maximum Gasteiger partial charge on any atom is 0.239 e. The van der Waals surface area contributed by atoms with E-state index in [4.69, 9.17) is 0 Å². The Balaban J connectivity index is 1.67. The molecule has 4 heteroatoms. The normalized spacial score (nSPS) is 26.4. The Morgan fingerprint density at radius 1 is 1.23 bits per heavy atom. The van der Waals surface area contributed by atoms with Crippen LogP contribution in [0.15, 0.2) is 24.3 Å². The average Bonchev–Trinajstić information content (AvgIpc) is 2.97. The van der Waals surface area contributed by atoms with Crippen LogP contribution in [0.4, 0.5) is 4.39 Å². The fourth-order valence-electron chi connectivity index (χ4n) is 3.74. The van der Waals surface area contributed by atoms with E-state index in [1.807, 2.05) is 17.0 Å². The van der Waals surface area contributed by atoms with Gasteiger partial charge in [0.05, 0.1) is 6.04 Å². The third kappa shape index (κ3) is 3.32. The molecule has 2 saturated heterocycles. The topological polar surface area (TPSA) is 23.6 Å². The Morgan fingerprint density at radius 3 is 2.77 bits per heavy atom. The maximum atomic E-state index is 13.9. The van der Waals surface area contributed by atoms with E-state index in [1.165, 1.54) is 12.5 Å². The first-order valence-electron chi connectivity index (χ1n) is 8.41. The van der Waals surface area contributed by atoms with Crippen LogP contribution in [0.1, 0.15) is 38.2 Å². The summed E-state index contributed by atoms with van der Waals surface area (Å²) < 4.78 is 13.9. The molecule has 3 nitrogen and oxygen atoms in total. The molecule has 2 aliphatic rings. The summed E-state index contributed by atoms with van der Waals surface area (Å²) in [4.78, 5) is 17.0. The highest BCUT2D eigenvalue weighted by Gasteiger charge is 2.35. The van der Waals surface area contributed by atoms with Crippen molar-refractivity contribution in [2.24, 2.45) is 5.92 Å². The van der Waals surface area contributed by atoms with Crippen LogP contribution in [-0.4, -0.2) is 41.4 Å². The Bertz CT molecular complexity index is 534. The van der Waals surface area contributed by atoms with Crippen LogP contribution in [0.25, 0.3) is 0 Å². The van der Waals surface area contributed by atoms with Gasteiger partial charge in [0.25, 0.3) is 0 Å². The highest BCUT2D eigenvalue weighted by molar-refractivity contribution is 5.82. The van der Waals surface area contributed by atoms with Gasteiger partial charge in [0.1, 0.15) is 5.82 Å². The zero-order valence-corrected chi connectivity index (χ0v) is 13.3. The molecule has 22 heavy (non-hydrogen) atoms. The number of hydrogen-bond acceptors (Lipinski definition) is 2. The molecule has 0 spiro atoms. The first-order valence-corrected chi connectivity index (χ1v) is 8.41. The minimum absolute atomic E-state index is 0.0649. The zero-order valence-electron chi connectivity index (χ0n) is 13.3. The molecular formula is C18H25FN2O. The van der Waals surface area contributed by atoms with Gasteiger partial charge in [0.2, 0.25) is 5.91 Å². The van der Waals surface area contributed by atoms with Gasteiger partial charge in [-0.05, 0) is 44.2 Å². The number of piperidine rings is 1. The van der Waals surface area contributed by atoms with Crippen LogP contribution in [-0.2, 0) is 11.3 Å². The Hall–Kier alpha value is -1.42. The van der Waals surface area contributed by atoms with Gasteiger partial charge in [-0.15, -0.1) is 0 Å². The lowest BCUT2D eigenvalue weighted by Gasteiger charge is -2.35. The van der Waals surface area contributed by atoms with Crippen LogP contribution in [0, 0.1) is 11.7 Å². The Kier molecular flexibility index (Phi) is 4.77. The van der Waals surface area contributed by atoms with Gasteiger partial charge in [-0.25, -0.2) is 4.39 Å². The molecule has 0 aliphatic carbocycles. The van der Waals surface area contributed by atoms with Crippen molar-refractivity contribution in [3.63, 3.8) is 0 Å². The maximum absolute atomic E-state index is 13.9. The van der Waals surface area contributed by atoms with E-state index in [9.17, 15) is 9.18 Å². The van der Waals surface area contributed by atoms with E-state index in [1.54, 1.807) is 6.07 Å². The molecule has 1 aromatic carbocycles. The molecular weight excluding hydrogens is 279 g/mol. The second kappa shape index (κ2) is 6.78. The fourth-order valence-corrected chi connectivity index (χ4v) is 3.74. The Labute approximate surface area is 132 Å². The first kappa shape index (κ1) is 15.5. The molecule has 2 heterocycles. The highest BCUT2D eigenvalue weighted by Crippen LogP contribution is 2.25. The minimum Gasteiger partial charge on any atom is -0.341 e. The molecule has 2 aliphatic heterocycles. The molecule has 0 radical (unpaired) electrons. The number of hydrogen-bond donors (Lipinski definition) is 0. The molecule has 2 atom stereocenters. The van der Waals surface area contributed by atoms with E-state index in [0.717, 1.165) is 38.9 Å². The summed E-state index contributed by atoms with van der Waals surface area (Å²) in [6, 6.07) is 6.81. The standard InChI is InChI=1S/C18H25FN2O/c1-14-6-4-11-21(12-14)18(22)17-9-5-10-20(17)13-15-7-2-3-8-16(15)19/h2-3,7-8,14,17H,4-6,9-13H2,1H3. The number of likely N-dealkylation sites (tertiary alicyclic amines) is 2. The second-order valence-electron chi connectivity index (χ2n) is 6.75. The molecule has 1 amide bonds. The zero-order chi connectivity index (χ0) is 15.5. The minimum atomic E-state index is -0.174. The molecule has 0 bridgehead atoms. The van der Waals surface area contributed by atoms with E-state index in [0.29, 0.717) is 18.0 Å². The summed E-state index contributed by atoms with van der Waals surface area (Å²) in [5.74, 6) is 0.673. The lowest BCUT2D eigenvalue weighted by molar-refractivity contribution is -0.137. The molecule has 2 fully saturated rings. The van der Waals surface area contributed by atoms with Crippen LogP contribution in [0.2, 0.25) is 0 Å². The summed E-state index contributed by atoms with van der Waals surface area (Å²) in [7, 11) is 0. The van der Waals surface area contributed by atoms with Crippen molar-refractivity contribution < 1.29 is 9.18 Å². The number of halogens is 1. The van der Waals surface area contributed by atoms with Crippen molar-refractivity contribution in [3.05, 3.63) is 35.6 Å². The SMILES string of the molecule is CC1CCCN(C(=O)C2CCCN2Cc2ccccc2F)C1. The van der Waals surface area contributed by atoms with E-state index >= 15 is 0 Å². The molecule has 1 aromatic rings. The summed E-state index contributed by atoms with van der Waals surface area (Å²) in [6.45, 7) is 5.39. The second-order valence-corrected chi connectivity index (χ2v) is 6.75. The van der Waals surface area contributed by atoms with Gasteiger partial charge in [-0.1, -0.05) is 25.1 Å². The number of rotatable bonds is 3. The van der Waals surface area contributed by atoms with Crippen LogP contribution in [0.5, 0.6) is 0 Å². The van der Waals surface area contributed by atoms with Crippen LogP contribution < -0.4 is 0 Å². The Morgan fingerprint density at radius 2 is 2.00 bits per heavy atom. The van der Waals surface area contributed by atoms with Crippen LogP contribution >= 0.6 is 0 Å². The summed E-state index contributed by atoms with van der Waals surface area (Å²) in [5.41, 5.74) is 0.689. The predicted molar refractivity (Wildman–Crippen MR) is 84.8 cm³/mol. The number of carbonyl (C=O) groups excluding carboxylic acids is 1. The molecule has 0 N–H and O–H groups in total. The summed E-state index contributed by atoms with van der Waals surface area (Å²) in [6.07, 6.45) is 4.24. The van der Waals surface area contributed by atoms with E-state index in [2.05, 4.69) is 11.8 Å². The molecule has 0 aromatic heterocycles. The van der Waals surface area contributed by atoms with Gasteiger partial charge in [-0.3, -0.25) is 9.69 Å². The predicted octanol–water partition coefficient (Wildman–Crippen LogP) is 3.05. The van der Waals surface area contributed by atoms with Crippen molar-refractivity contribution in [2.75, 3.05) is 19.6 Å². The number of benzene rings is 1. The lowest BCUT2D eigenvalue weighted by Crippen LogP contribution is -2.48. The highest BCUT2D eigenvalue weighted by atomic mass is 19.1. The third-order valence-corrected chi connectivity index (χ3v) is 4.95. The lowest BCUT2D eigenvalue weighted by atomic mass is 9.99. The first-order chi connectivity index (χ1) is 10.6. The number of amides is 1. The molecule has 0 saturated carbocycles.